The van der Waals surface area contributed by atoms with Gasteiger partial charge in [0.15, 0.2) is 0 Å². The average molecular weight is 363 g/mol. The van der Waals surface area contributed by atoms with Crippen molar-refractivity contribution in [3.8, 4) is 5.75 Å². The van der Waals surface area contributed by atoms with Gasteiger partial charge in [0.2, 0.25) is 5.91 Å². The van der Waals surface area contributed by atoms with Gasteiger partial charge in [-0.1, -0.05) is 30.5 Å². The first-order valence-corrected chi connectivity index (χ1v) is 8.75. The third-order valence-corrected chi connectivity index (χ3v) is 4.43. The molecule has 5 nitrogen and oxygen atoms in total. The number of phenols is 1. The van der Waals surface area contributed by atoms with E-state index in [0.29, 0.717) is 17.9 Å². The van der Waals surface area contributed by atoms with Crippen molar-refractivity contribution in [2.45, 2.75) is 16.3 Å². The largest absolute Gasteiger partial charge is 0.508 e. The van der Waals surface area contributed by atoms with Crippen LogP contribution in [0.1, 0.15) is 11.4 Å². The molecule has 2 aromatic carbocycles. The molecule has 0 aliphatic rings. The zero-order valence-electron chi connectivity index (χ0n) is 13.9. The Balaban J connectivity index is 1.68. The number of anilines is 1. The topological polar surface area (TPSA) is 75.1 Å². The second kappa shape index (κ2) is 8.31. The van der Waals surface area contributed by atoms with Gasteiger partial charge < -0.3 is 10.4 Å². The predicted molar refractivity (Wildman–Crippen MR) is 102 cm³/mol. The Morgan fingerprint density at radius 2 is 2.00 bits per heavy atom. The van der Waals surface area contributed by atoms with Crippen LogP contribution in [0.2, 0.25) is 0 Å². The number of aromatic hydroxyl groups is 1. The standard InChI is InChI=1S/C20H17N3O2S/c1-2-19(25)22-15-6-8-17(9-7-15)26-20-10-11-21-18(23-20)13-14-4-3-5-16(24)12-14/h2-12,24H,1,13H2,(H,22,25). The van der Waals surface area contributed by atoms with E-state index in [9.17, 15) is 9.90 Å². The Morgan fingerprint density at radius 3 is 2.73 bits per heavy atom. The molecule has 1 aromatic heterocycles. The van der Waals surface area contributed by atoms with Gasteiger partial charge in [-0.3, -0.25) is 4.79 Å². The van der Waals surface area contributed by atoms with Crippen molar-refractivity contribution in [3.05, 3.63) is 84.8 Å². The van der Waals surface area contributed by atoms with Crippen LogP contribution in [0.15, 0.2) is 83.4 Å². The SMILES string of the molecule is C=CC(=O)Nc1ccc(Sc2ccnc(Cc3cccc(O)c3)n2)cc1. The molecule has 0 fully saturated rings. The van der Waals surface area contributed by atoms with Crippen molar-refractivity contribution < 1.29 is 9.90 Å². The van der Waals surface area contributed by atoms with Gasteiger partial charge in [-0.05, 0) is 54.1 Å². The maximum absolute atomic E-state index is 11.3. The smallest absolute Gasteiger partial charge is 0.247 e. The molecule has 0 unspecified atom stereocenters. The lowest BCUT2D eigenvalue weighted by Gasteiger charge is -2.06. The first kappa shape index (κ1) is 17.7. The molecule has 0 bridgehead atoms. The maximum atomic E-state index is 11.3. The highest BCUT2D eigenvalue weighted by molar-refractivity contribution is 7.99. The molecule has 0 aliphatic heterocycles. The molecular weight excluding hydrogens is 346 g/mol. The lowest BCUT2D eigenvalue weighted by molar-refractivity contribution is -0.111. The van der Waals surface area contributed by atoms with E-state index in [2.05, 4.69) is 21.9 Å². The molecular formula is C20H17N3O2S. The van der Waals surface area contributed by atoms with Crippen molar-refractivity contribution in [1.29, 1.82) is 0 Å². The van der Waals surface area contributed by atoms with Crippen molar-refractivity contribution in [2.24, 2.45) is 0 Å². The Bertz CT molecular complexity index is 926. The fraction of sp³-hybridized carbons (Fsp3) is 0.0500. The molecule has 0 radical (unpaired) electrons. The van der Waals surface area contributed by atoms with Gasteiger partial charge in [-0.2, -0.15) is 0 Å². The molecule has 6 heteroatoms. The highest BCUT2D eigenvalue weighted by Crippen LogP contribution is 2.27. The third-order valence-electron chi connectivity index (χ3n) is 3.48. The predicted octanol–water partition coefficient (Wildman–Crippen LogP) is 4.05. The van der Waals surface area contributed by atoms with Gasteiger partial charge in [-0.25, -0.2) is 9.97 Å². The Labute approximate surface area is 155 Å². The van der Waals surface area contributed by atoms with Crippen LogP contribution in [0.4, 0.5) is 5.69 Å². The van der Waals surface area contributed by atoms with E-state index in [4.69, 9.17) is 0 Å². The number of amides is 1. The lowest BCUT2D eigenvalue weighted by atomic mass is 10.1. The third kappa shape index (κ3) is 4.94. The average Bonchev–Trinajstić information content (AvgIpc) is 2.63. The number of benzene rings is 2. The van der Waals surface area contributed by atoms with Gasteiger partial charge in [0.1, 0.15) is 16.6 Å². The van der Waals surface area contributed by atoms with E-state index in [0.717, 1.165) is 15.5 Å². The minimum absolute atomic E-state index is 0.233. The van der Waals surface area contributed by atoms with Gasteiger partial charge in [0.25, 0.3) is 0 Å². The van der Waals surface area contributed by atoms with Crippen molar-refractivity contribution in [2.75, 3.05) is 5.32 Å². The van der Waals surface area contributed by atoms with E-state index in [1.165, 1.54) is 17.8 Å². The van der Waals surface area contributed by atoms with Gasteiger partial charge >= 0.3 is 0 Å². The fourth-order valence-corrected chi connectivity index (χ4v) is 3.09. The number of rotatable bonds is 6. The maximum Gasteiger partial charge on any atom is 0.247 e. The van der Waals surface area contributed by atoms with Crippen LogP contribution in [0.3, 0.4) is 0 Å². The van der Waals surface area contributed by atoms with E-state index >= 15 is 0 Å². The number of aromatic nitrogens is 2. The number of carbonyl (C=O) groups excluding carboxylic acids is 1. The van der Waals surface area contributed by atoms with Crippen LogP contribution in [0, 0.1) is 0 Å². The molecule has 26 heavy (non-hydrogen) atoms. The van der Waals surface area contributed by atoms with Crippen molar-refractivity contribution in [1.82, 2.24) is 9.97 Å². The van der Waals surface area contributed by atoms with Gasteiger partial charge in [0.05, 0.1) is 0 Å². The highest BCUT2D eigenvalue weighted by Gasteiger charge is 2.05. The molecule has 0 saturated heterocycles. The number of phenolic OH excluding ortho intramolecular Hbond substituents is 1. The first-order chi connectivity index (χ1) is 12.6. The van der Waals surface area contributed by atoms with Crippen LogP contribution in [-0.2, 0) is 11.2 Å². The quantitative estimate of drug-likeness (QED) is 0.510. The number of hydrogen-bond donors (Lipinski definition) is 2. The molecule has 0 atom stereocenters. The molecule has 0 spiro atoms. The van der Waals surface area contributed by atoms with Gasteiger partial charge in [-0.15, -0.1) is 0 Å². The van der Waals surface area contributed by atoms with Crippen LogP contribution < -0.4 is 5.32 Å². The summed E-state index contributed by atoms with van der Waals surface area (Å²) in [5.74, 6) is 0.685. The summed E-state index contributed by atoms with van der Waals surface area (Å²) in [6, 6.07) is 16.4. The molecule has 1 heterocycles. The molecule has 3 aromatic rings. The Kier molecular flexibility index (Phi) is 5.66. The van der Waals surface area contributed by atoms with Crippen molar-refractivity contribution >= 4 is 23.4 Å². The highest BCUT2D eigenvalue weighted by atomic mass is 32.2. The van der Waals surface area contributed by atoms with E-state index in [-0.39, 0.29) is 11.7 Å². The van der Waals surface area contributed by atoms with E-state index in [1.807, 2.05) is 36.4 Å². The molecule has 2 N–H and O–H groups in total. The minimum atomic E-state index is -0.238. The van der Waals surface area contributed by atoms with E-state index < -0.39 is 0 Å². The first-order valence-electron chi connectivity index (χ1n) is 7.93. The molecule has 130 valence electrons. The Hall–Kier alpha value is -3.12. The summed E-state index contributed by atoms with van der Waals surface area (Å²) in [5.41, 5.74) is 1.67. The zero-order chi connectivity index (χ0) is 18.4. The molecule has 0 saturated carbocycles. The van der Waals surface area contributed by atoms with Crippen LogP contribution >= 0.6 is 11.8 Å². The Morgan fingerprint density at radius 1 is 1.19 bits per heavy atom. The molecule has 1 amide bonds. The molecule has 3 rings (SSSR count). The summed E-state index contributed by atoms with van der Waals surface area (Å²) < 4.78 is 0. The zero-order valence-corrected chi connectivity index (χ0v) is 14.7. The second-order valence-corrected chi connectivity index (χ2v) is 6.57. The second-order valence-electron chi connectivity index (χ2n) is 5.48. The van der Waals surface area contributed by atoms with Gasteiger partial charge in [0, 0.05) is 23.2 Å². The normalized spacial score (nSPS) is 10.3. The van der Waals surface area contributed by atoms with Crippen LogP contribution in [0.25, 0.3) is 0 Å². The summed E-state index contributed by atoms with van der Waals surface area (Å²) in [6.07, 6.45) is 3.51. The minimum Gasteiger partial charge on any atom is -0.508 e. The number of nitrogens with one attached hydrogen (secondary N) is 1. The number of carbonyl (C=O) groups is 1. The molecule has 0 aliphatic carbocycles. The fourth-order valence-electron chi connectivity index (χ4n) is 2.29. The van der Waals surface area contributed by atoms with Crippen molar-refractivity contribution in [3.63, 3.8) is 0 Å². The summed E-state index contributed by atoms with van der Waals surface area (Å²) in [7, 11) is 0. The lowest BCUT2D eigenvalue weighted by Crippen LogP contribution is -2.06. The summed E-state index contributed by atoms with van der Waals surface area (Å²) in [5, 5.41) is 13.1. The van der Waals surface area contributed by atoms with Crippen LogP contribution in [-0.4, -0.2) is 21.0 Å². The number of nitrogens with zero attached hydrogens (tertiary/aromatic N) is 2. The summed E-state index contributed by atoms with van der Waals surface area (Å²) in [4.78, 5) is 21.2. The summed E-state index contributed by atoms with van der Waals surface area (Å²) in [6.45, 7) is 3.43. The van der Waals surface area contributed by atoms with E-state index in [1.54, 1.807) is 24.4 Å². The summed E-state index contributed by atoms with van der Waals surface area (Å²) >= 11 is 1.52. The monoisotopic (exact) mass is 363 g/mol. The number of hydrogen-bond acceptors (Lipinski definition) is 5. The van der Waals surface area contributed by atoms with Crippen LogP contribution in [0.5, 0.6) is 5.75 Å².